The van der Waals surface area contributed by atoms with Crippen molar-refractivity contribution in [2.24, 2.45) is 0 Å². The van der Waals surface area contributed by atoms with Crippen LogP contribution in [0.2, 0.25) is 0 Å². The summed E-state index contributed by atoms with van der Waals surface area (Å²) in [5, 5.41) is 10.4. The Bertz CT molecular complexity index is 900. The van der Waals surface area contributed by atoms with Gasteiger partial charge in [0.1, 0.15) is 5.82 Å². The quantitative estimate of drug-likeness (QED) is 0.731. The standard InChI is InChI=1S/C18H17FN4O2S/c19-13-3-1-11(2-4-13)15-9-14(23-25-15)17(24)22-18-21-10-16(26-18)12-5-7-20-8-6-12/h1-4,9-10,12,20H,5-8H2,(H,21,22,24). The van der Waals surface area contributed by atoms with Crippen molar-refractivity contribution in [3.05, 3.63) is 52.9 Å². The van der Waals surface area contributed by atoms with Gasteiger partial charge in [-0.15, -0.1) is 11.3 Å². The summed E-state index contributed by atoms with van der Waals surface area (Å²) in [5.74, 6) is 0.189. The number of thiazole rings is 1. The Labute approximate surface area is 153 Å². The number of hydrogen-bond acceptors (Lipinski definition) is 6. The summed E-state index contributed by atoms with van der Waals surface area (Å²) in [6.45, 7) is 2.02. The molecular weight excluding hydrogens is 355 g/mol. The Morgan fingerprint density at radius 2 is 2.04 bits per heavy atom. The predicted molar refractivity (Wildman–Crippen MR) is 96.8 cm³/mol. The van der Waals surface area contributed by atoms with Crippen molar-refractivity contribution in [3.63, 3.8) is 0 Å². The van der Waals surface area contributed by atoms with Crippen LogP contribution in [0.3, 0.4) is 0 Å². The summed E-state index contributed by atoms with van der Waals surface area (Å²) in [5.41, 5.74) is 0.809. The maximum absolute atomic E-state index is 13.0. The fraction of sp³-hybridized carbons (Fsp3) is 0.278. The number of carbonyl (C=O) groups is 1. The van der Waals surface area contributed by atoms with E-state index in [-0.39, 0.29) is 17.4 Å². The van der Waals surface area contributed by atoms with Gasteiger partial charge < -0.3 is 9.84 Å². The molecule has 0 radical (unpaired) electrons. The van der Waals surface area contributed by atoms with Gasteiger partial charge in [0.2, 0.25) is 0 Å². The van der Waals surface area contributed by atoms with Crippen molar-refractivity contribution < 1.29 is 13.7 Å². The largest absolute Gasteiger partial charge is 0.355 e. The Kier molecular flexibility index (Phi) is 4.77. The third kappa shape index (κ3) is 3.66. The molecule has 1 fully saturated rings. The highest BCUT2D eigenvalue weighted by molar-refractivity contribution is 7.15. The number of carbonyl (C=O) groups excluding carboxylic acids is 1. The molecule has 3 aromatic rings. The number of nitrogens with zero attached hydrogens (tertiary/aromatic N) is 2. The second-order valence-corrected chi connectivity index (χ2v) is 7.19. The second kappa shape index (κ2) is 7.35. The highest BCUT2D eigenvalue weighted by atomic mass is 32.1. The third-order valence-electron chi connectivity index (χ3n) is 4.36. The zero-order valence-electron chi connectivity index (χ0n) is 13.9. The Hall–Kier alpha value is -2.58. The third-order valence-corrected chi connectivity index (χ3v) is 5.43. The molecule has 0 aliphatic carbocycles. The molecule has 1 aliphatic rings. The van der Waals surface area contributed by atoms with Crippen LogP contribution in [0, 0.1) is 5.82 Å². The fourth-order valence-electron chi connectivity index (χ4n) is 2.93. The minimum Gasteiger partial charge on any atom is -0.355 e. The summed E-state index contributed by atoms with van der Waals surface area (Å²) in [7, 11) is 0. The van der Waals surface area contributed by atoms with E-state index in [4.69, 9.17) is 4.52 Å². The molecule has 0 bridgehead atoms. The average Bonchev–Trinajstić information content (AvgIpc) is 3.33. The number of hydrogen-bond donors (Lipinski definition) is 2. The molecule has 3 heterocycles. The highest BCUT2D eigenvalue weighted by Gasteiger charge is 2.20. The van der Waals surface area contributed by atoms with Crippen LogP contribution in [-0.2, 0) is 0 Å². The van der Waals surface area contributed by atoms with Gasteiger partial charge in [-0.2, -0.15) is 0 Å². The first-order valence-electron chi connectivity index (χ1n) is 8.39. The number of rotatable bonds is 4. The molecule has 134 valence electrons. The Morgan fingerprint density at radius 1 is 1.27 bits per heavy atom. The van der Waals surface area contributed by atoms with Crippen LogP contribution in [0.4, 0.5) is 9.52 Å². The minimum absolute atomic E-state index is 0.156. The summed E-state index contributed by atoms with van der Waals surface area (Å²) in [6.07, 6.45) is 4.00. The first-order valence-corrected chi connectivity index (χ1v) is 9.21. The highest BCUT2D eigenvalue weighted by Crippen LogP contribution is 2.32. The molecule has 0 spiro atoms. The Balaban J connectivity index is 1.44. The molecule has 1 saturated heterocycles. The van der Waals surface area contributed by atoms with Crippen LogP contribution in [0.15, 0.2) is 41.1 Å². The zero-order chi connectivity index (χ0) is 17.9. The van der Waals surface area contributed by atoms with Crippen molar-refractivity contribution >= 4 is 22.4 Å². The summed E-state index contributed by atoms with van der Waals surface area (Å²) in [6, 6.07) is 7.34. The number of amides is 1. The van der Waals surface area contributed by atoms with E-state index in [0.29, 0.717) is 22.4 Å². The van der Waals surface area contributed by atoms with E-state index >= 15 is 0 Å². The van der Waals surface area contributed by atoms with Gasteiger partial charge in [-0.1, -0.05) is 5.16 Å². The van der Waals surface area contributed by atoms with E-state index < -0.39 is 0 Å². The van der Waals surface area contributed by atoms with Crippen LogP contribution in [0.25, 0.3) is 11.3 Å². The SMILES string of the molecule is O=C(Nc1ncc(C2CCNCC2)s1)c1cc(-c2ccc(F)cc2)on1. The van der Waals surface area contributed by atoms with Crippen LogP contribution < -0.4 is 10.6 Å². The summed E-state index contributed by atoms with van der Waals surface area (Å²) < 4.78 is 18.2. The molecule has 2 aromatic heterocycles. The Morgan fingerprint density at radius 3 is 2.81 bits per heavy atom. The lowest BCUT2D eigenvalue weighted by Gasteiger charge is -2.20. The van der Waals surface area contributed by atoms with Gasteiger partial charge in [0.05, 0.1) is 0 Å². The number of benzene rings is 1. The van der Waals surface area contributed by atoms with E-state index in [0.717, 1.165) is 25.9 Å². The van der Waals surface area contributed by atoms with Gasteiger partial charge in [-0.3, -0.25) is 10.1 Å². The van der Waals surface area contributed by atoms with Crippen LogP contribution in [0.5, 0.6) is 0 Å². The van der Waals surface area contributed by atoms with Crippen molar-refractivity contribution in [1.82, 2.24) is 15.5 Å². The van der Waals surface area contributed by atoms with Gasteiger partial charge in [0, 0.05) is 22.7 Å². The molecule has 0 saturated carbocycles. The van der Waals surface area contributed by atoms with E-state index in [2.05, 4.69) is 20.8 Å². The minimum atomic E-state index is -0.381. The smallest absolute Gasteiger partial charge is 0.279 e. The van der Waals surface area contributed by atoms with E-state index in [1.807, 2.05) is 6.20 Å². The lowest BCUT2D eigenvalue weighted by atomic mass is 9.97. The van der Waals surface area contributed by atoms with Crippen molar-refractivity contribution in [1.29, 1.82) is 0 Å². The van der Waals surface area contributed by atoms with Crippen molar-refractivity contribution in [2.45, 2.75) is 18.8 Å². The number of anilines is 1. The average molecular weight is 372 g/mol. The first kappa shape index (κ1) is 16.9. The topological polar surface area (TPSA) is 80.0 Å². The molecule has 6 nitrogen and oxygen atoms in total. The van der Waals surface area contributed by atoms with Gasteiger partial charge in [-0.25, -0.2) is 9.37 Å². The maximum atomic E-state index is 13.0. The molecule has 0 unspecified atom stereocenters. The maximum Gasteiger partial charge on any atom is 0.279 e. The van der Waals surface area contributed by atoms with E-state index in [1.54, 1.807) is 12.1 Å². The summed E-state index contributed by atoms with van der Waals surface area (Å²) >= 11 is 1.50. The van der Waals surface area contributed by atoms with Crippen molar-refractivity contribution in [3.8, 4) is 11.3 Å². The molecule has 1 aromatic carbocycles. The normalized spacial score (nSPS) is 15.1. The lowest BCUT2D eigenvalue weighted by Crippen LogP contribution is -2.26. The predicted octanol–water partition coefficient (Wildman–Crippen LogP) is 3.66. The molecule has 4 rings (SSSR count). The van der Waals surface area contributed by atoms with Gasteiger partial charge in [0.25, 0.3) is 5.91 Å². The number of halogens is 1. The van der Waals surface area contributed by atoms with E-state index in [9.17, 15) is 9.18 Å². The van der Waals surface area contributed by atoms with Crippen LogP contribution in [0.1, 0.15) is 34.1 Å². The number of aromatic nitrogens is 2. The molecule has 26 heavy (non-hydrogen) atoms. The molecule has 0 atom stereocenters. The monoisotopic (exact) mass is 372 g/mol. The molecule has 8 heteroatoms. The first-order chi connectivity index (χ1) is 12.7. The zero-order valence-corrected chi connectivity index (χ0v) is 14.7. The summed E-state index contributed by atoms with van der Waals surface area (Å²) in [4.78, 5) is 17.8. The number of piperidine rings is 1. The fourth-order valence-corrected chi connectivity index (χ4v) is 3.91. The van der Waals surface area contributed by atoms with E-state index in [1.165, 1.54) is 34.4 Å². The number of nitrogens with one attached hydrogen (secondary N) is 2. The van der Waals surface area contributed by atoms with Crippen LogP contribution in [-0.4, -0.2) is 29.1 Å². The lowest BCUT2D eigenvalue weighted by molar-refractivity contribution is 0.101. The molecular formula is C18H17FN4O2S. The van der Waals surface area contributed by atoms with Gasteiger partial charge >= 0.3 is 0 Å². The van der Waals surface area contributed by atoms with Gasteiger partial charge in [-0.05, 0) is 56.1 Å². The van der Waals surface area contributed by atoms with Crippen molar-refractivity contribution in [2.75, 3.05) is 18.4 Å². The molecule has 2 N–H and O–H groups in total. The van der Waals surface area contributed by atoms with Crippen LogP contribution >= 0.6 is 11.3 Å². The molecule has 1 aliphatic heterocycles. The van der Waals surface area contributed by atoms with Gasteiger partial charge in [0.15, 0.2) is 16.6 Å². The molecule has 1 amide bonds. The second-order valence-electron chi connectivity index (χ2n) is 6.13.